The topological polar surface area (TPSA) is 18.5 Å². The second-order valence-electron chi connectivity index (χ2n) is 6.03. The van der Waals surface area contributed by atoms with Crippen molar-refractivity contribution in [2.45, 2.75) is 12.8 Å². The smallest absolute Gasteiger partial charge is 0.0573 e. The van der Waals surface area contributed by atoms with Gasteiger partial charge in [0.15, 0.2) is 0 Å². The lowest BCUT2D eigenvalue weighted by Gasteiger charge is -2.36. The number of rotatable bonds is 7. The third-order valence-electron chi connectivity index (χ3n) is 4.49. The molecule has 122 valence electrons. The van der Waals surface area contributed by atoms with Crippen molar-refractivity contribution in [1.82, 2.24) is 10.2 Å². The van der Waals surface area contributed by atoms with Crippen molar-refractivity contribution in [3.8, 4) is 12.3 Å². The molecule has 0 unspecified atom stereocenters. The second-order valence-corrected chi connectivity index (χ2v) is 6.97. The zero-order chi connectivity index (χ0) is 15.9. The van der Waals surface area contributed by atoms with E-state index in [9.17, 15) is 0 Å². The van der Waals surface area contributed by atoms with E-state index in [2.05, 4.69) is 50.7 Å². The van der Waals surface area contributed by atoms with E-state index in [0.717, 1.165) is 32.7 Å². The Morgan fingerprint density at radius 1 is 1.13 bits per heavy atom. The molecule has 1 aliphatic heterocycles. The van der Waals surface area contributed by atoms with Gasteiger partial charge in [-0.25, -0.2) is 0 Å². The highest BCUT2D eigenvalue weighted by molar-refractivity contribution is 7.17. The van der Waals surface area contributed by atoms with Crippen molar-refractivity contribution in [3.05, 3.63) is 29.6 Å². The fourth-order valence-electron chi connectivity index (χ4n) is 3.21. The number of hydrogen-bond donors (Lipinski definition) is 1. The maximum Gasteiger partial charge on any atom is 0.0573 e. The Morgan fingerprint density at radius 3 is 2.83 bits per heavy atom. The first-order valence-corrected chi connectivity index (χ1v) is 9.34. The Labute approximate surface area is 143 Å². The van der Waals surface area contributed by atoms with Crippen LogP contribution in [0.1, 0.15) is 12.8 Å². The first-order valence-electron chi connectivity index (χ1n) is 8.46. The molecule has 2 heterocycles. The van der Waals surface area contributed by atoms with Gasteiger partial charge in [0.2, 0.25) is 0 Å². The number of anilines is 1. The molecule has 1 N–H and O–H groups in total. The van der Waals surface area contributed by atoms with Gasteiger partial charge in [-0.15, -0.1) is 17.8 Å². The average molecular weight is 327 g/mol. The minimum absolute atomic E-state index is 0.687. The Morgan fingerprint density at radius 2 is 2.00 bits per heavy atom. The summed E-state index contributed by atoms with van der Waals surface area (Å²) >= 11 is 1.83. The molecule has 4 heteroatoms. The molecule has 0 radical (unpaired) electrons. The van der Waals surface area contributed by atoms with Gasteiger partial charge >= 0.3 is 0 Å². The molecule has 1 aromatic carbocycles. The Hall–Kier alpha value is -1.54. The van der Waals surface area contributed by atoms with Crippen LogP contribution in [0.15, 0.2) is 29.6 Å². The first-order chi connectivity index (χ1) is 11.4. The van der Waals surface area contributed by atoms with Crippen molar-refractivity contribution < 1.29 is 0 Å². The number of terminal acetylenes is 1. The van der Waals surface area contributed by atoms with Crippen LogP contribution in [0.2, 0.25) is 0 Å². The lowest BCUT2D eigenvalue weighted by atomic mass is 10.2. The fraction of sp³-hybridized carbons (Fsp3) is 0.474. The molecule has 1 aliphatic rings. The molecule has 0 bridgehead atoms. The summed E-state index contributed by atoms with van der Waals surface area (Å²) in [5.41, 5.74) is 1.40. The third-order valence-corrected chi connectivity index (χ3v) is 5.37. The molecule has 0 aliphatic carbocycles. The van der Waals surface area contributed by atoms with Crippen LogP contribution in [0, 0.1) is 12.3 Å². The van der Waals surface area contributed by atoms with E-state index in [1.807, 2.05) is 11.3 Å². The summed E-state index contributed by atoms with van der Waals surface area (Å²) in [5.74, 6) is 2.61. The number of hydrogen-bond acceptors (Lipinski definition) is 4. The van der Waals surface area contributed by atoms with Gasteiger partial charge in [-0.05, 0) is 49.5 Å². The van der Waals surface area contributed by atoms with Crippen molar-refractivity contribution in [1.29, 1.82) is 0 Å². The fourth-order valence-corrected chi connectivity index (χ4v) is 4.02. The van der Waals surface area contributed by atoms with Crippen LogP contribution >= 0.6 is 11.3 Å². The van der Waals surface area contributed by atoms with Crippen LogP contribution in [0.5, 0.6) is 0 Å². The monoisotopic (exact) mass is 327 g/mol. The molecular weight excluding hydrogens is 302 g/mol. The van der Waals surface area contributed by atoms with Crippen molar-refractivity contribution >= 4 is 27.1 Å². The minimum atomic E-state index is 0.687. The van der Waals surface area contributed by atoms with E-state index in [1.54, 1.807) is 0 Å². The Kier molecular flexibility index (Phi) is 5.93. The zero-order valence-electron chi connectivity index (χ0n) is 13.6. The largest absolute Gasteiger partial charge is 0.368 e. The van der Waals surface area contributed by atoms with Crippen LogP contribution in [-0.2, 0) is 0 Å². The average Bonchev–Trinajstić information content (AvgIpc) is 3.07. The van der Waals surface area contributed by atoms with Crippen molar-refractivity contribution in [2.24, 2.45) is 0 Å². The van der Waals surface area contributed by atoms with Gasteiger partial charge in [0.1, 0.15) is 0 Å². The Bertz CT molecular complexity index is 650. The summed E-state index contributed by atoms with van der Waals surface area (Å²) in [4.78, 5) is 5.13. The SMILES string of the molecule is C#CCNCCCCN1CCN(c2cccc3sccc23)CC1. The normalized spacial score (nSPS) is 15.9. The summed E-state index contributed by atoms with van der Waals surface area (Å²) < 4.78 is 1.39. The molecule has 1 aromatic heterocycles. The number of fused-ring (bicyclic) bond motifs is 1. The highest BCUT2D eigenvalue weighted by atomic mass is 32.1. The van der Waals surface area contributed by atoms with E-state index in [0.29, 0.717) is 6.54 Å². The zero-order valence-corrected chi connectivity index (χ0v) is 14.4. The van der Waals surface area contributed by atoms with Gasteiger partial charge in [-0.1, -0.05) is 12.0 Å². The van der Waals surface area contributed by atoms with Crippen LogP contribution < -0.4 is 10.2 Å². The highest BCUT2D eigenvalue weighted by Gasteiger charge is 2.18. The molecule has 0 saturated carbocycles. The van der Waals surface area contributed by atoms with Gasteiger partial charge in [-0.3, -0.25) is 4.90 Å². The number of benzene rings is 1. The molecule has 2 aromatic rings. The molecule has 3 rings (SSSR count). The maximum absolute atomic E-state index is 5.22. The van der Waals surface area contributed by atoms with Gasteiger partial charge in [-0.2, -0.15) is 0 Å². The highest BCUT2D eigenvalue weighted by Crippen LogP contribution is 2.31. The van der Waals surface area contributed by atoms with Crippen LogP contribution in [-0.4, -0.2) is 50.7 Å². The summed E-state index contributed by atoms with van der Waals surface area (Å²) in [6.45, 7) is 7.51. The molecule has 3 nitrogen and oxygen atoms in total. The third kappa shape index (κ3) is 4.26. The molecule has 23 heavy (non-hydrogen) atoms. The van der Waals surface area contributed by atoms with E-state index in [1.165, 1.54) is 35.2 Å². The predicted octanol–water partition coefficient (Wildman–Crippen LogP) is 3.03. The summed E-state index contributed by atoms with van der Waals surface area (Å²) in [7, 11) is 0. The number of unbranched alkanes of at least 4 members (excludes halogenated alkanes) is 1. The van der Waals surface area contributed by atoms with Crippen LogP contribution in [0.25, 0.3) is 10.1 Å². The number of nitrogens with one attached hydrogen (secondary N) is 1. The van der Waals surface area contributed by atoms with Crippen LogP contribution in [0.3, 0.4) is 0 Å². The van der Waals surface area contributed by atoms with E-state index >= 15 is 0 Å². The van der Waals surface area contributed by atoms with Crippen LogP contribution in [0.4, 0.5) is 5.69 Å². The second kappa shape index (κ2) is 8.35. The van der Waals surface area contributed by atoms with Crippen molar-refractivity contribution in [2.75, 3.05) is 50.7 Å². The lowest BCUT2D eigenvalue weighted by molar-refractivity contribution is 0.253. The molecule has 0 atom stereocenters. The summed E-state index contributed by atoms with van der Waals surface area (Å²) in [5, 5.41) is 6.85. The predicted molar refractivity (Wildman–Crippen MR) is 101 cm³/mol. The molecule has 0 amide bonds. The molecular formula is C19H25N3S. The lowest BCUT2D eigenvalue weighted by Crippen LogP contribution is -2.46. The summed E-state index contributed by atoms with van der Waals surface area (Å²) in [6, 6.07) is 8.92. The molecule has 0 spiro atoms. The number of nitrogens with zero attached hydrogens (tertiary/aromatic N) is 2. The van der Waals surface area contributed by atoms with E-state index in [4.69, 9.17) is 6.42 Å². The molecule has 1 fully saturated rings. The Balaban J connectivity index is 1.44. The molecule has 1 saturated heterocycles. The minimum Gasteiger partial charge on any atom is -0.368 e. The van der Waals surface area contributed by atoms with Gasteiger partial charge in [0.25, 0.3) is 0 Å². The summed E-state index contributed by atoms with van der Waals surface area (Å²) in [6.07, 6.45) is 7.68. The maximum atomic E-state index is 5.22. The first kappa shape index (κ1) is 16.3. The van der Waals surface area contributed by atoms with Gasteiger partial charge in [0, 0.05) is 42.0 Å². The quantitative estimate of drug-likeness (QED) is 0.623. The van der Waals surface area contributed by atoms with E-state index in [-0.39, 0.29) is 0 Å². The number of thiophene rings is 1. The van der Waals surface area contributed by atoms with Crippen molar-refractivity contribution in [3.63, 3.8) is 0 Å². The van der Waals surface area contributed by atoms with E-state index < -0.39 is 0 Å². The van der Waals surface area contributed by atoms with Gasteiger partial charge < -0.3 is 10.2 Å². The standard InChI is InChI=1S/C19H25N3S/c1-2-9-20-10-3-4-11-21-12-14-22(15-13-21)18-6-5-7-19-17(18)8-16-23-19/h1,5-8,16,20H,3-4,9-15H2. The van der Waals surface area contributed by atoms with Gasteiger partial charge in [0.05, 0.1) is 6.54 Å². The number of piperazine rings is 1.